The summed E-state index contributed by atoms with van der Waals surface area (Å²) in [6.45, 7) is 1.51. The number of piperidine rings is 1. The molecule has 1 aromatic heterocycles. The molecule has 29 heavy (non-hydrogen) atoms. The first-order chi connectivity index (χ1) is 14.2. The van der Waals surface area contributed by atoms with Crippen molar-refractivity contribution in [3.8, 4) is 17.0 Å². The molecule has 6 nitrogen and oxygen atoms in total. The molecule has 0 spiro atoms. The molecule has 1 amide bonds. The molecule has 0 aliphatic carbocycles. The van der Waals surface area contributed by atoms with E-state index < -0.39 is 0 Å². The van der Waals surface area contributed by atoms with Crippen molar-refractivity contribution in [3.63, 3.8) is 0 Å². The number of nitrogens with zero attached hydrogens (tertiary/aromatic N) is 3. The average molecular weight is 388 g/mol. The smallest absolute Gasteiger partial charge is 0.229 e. The van der Waals surface area contributed by atoms with Crippen LogP contribution >= 0.6 is 0 Å². The van der Waals surface area contributed by atoms with Crippen LogP contribution in [0.2, 0.25) is 0 Å². The first-order valence-corrected chi connectivity index (χ1v) is 9.82. The van der Waals surface area contributed by atoms with Gasteiger partial charge in [-0.1, -0.05) is 36.4 Å². The van der Waals surface area contributed by atoms with Crippen molar-refractivity contribution in [2.45, 2.75) is 12.8 Å². The van der Waals surface area contributed by atoms with Crippen LogP contribution in [0.5, 0.6) is 5.75 Å². The summed E-state index contributed by atoms with van der Waals surface area (Å²) in [5.74, 6) is 1.47. The number of carbonyl (C=O) groups is 1. The molecule has 0 bridgehead atoms. The van der Waals surface area contributed by atoms with Gasteiger partial charge in [0, 0.05) is 30.4 Å². The van der Waals surface area contributed by atoms with Crippen LogP contribution in [0.1, 0.15) is 12.8 Å². The lowest BCUT2D eigenvalue weighted by molar-refractivity contribution is -0.120. The number of carbonyl (C=O) groups excluding carboxylic acids is 1. The predicted molar refractivity (Wildman–Crippen MR) is 114 cm³/mol. The molecule has 1 aliphatic rings. The number of aromatic nitrogens is 2. The summed E-state index contributed by atoms with van der Waals surface area (Å²) in [5.41, 5.74) is 2.64. The van der Waals surface area contributed by atoms with Crippen LogP contribution in [0.3, 0.4) is 0 Å². The van der Waals surface area contributed by atoms with Crippen LogP contribution in [0, 0.1) is 5.92 Å². The van der Waals surface area contributed by atoms with E-state index in [4.69, 9.17) is 4.74 Å². The Labute approximate surface area is 170 Å². The Balaban J connectivity index is 1.42. The zero-order valence-electron chi connectivity index (χ0n) is 16.4. The fraction of sp³-hybridized carbons (Fsp3) is 0.261. The molecule has 4 rings (SSSR count). The normalized spacial score (nSPS) is 16.3. The van der Waals surface area contributed by atoms with Crippen LogP contribution in [-0.2, 0) is 4.79 Å². The molecule has 1 fully saturated rings. The maximum absolute atomic E-state index is 12.8. The summed E-state index contributed by atoms with van der Waals surface area (Å²) in [6, 6.07) is 21.4. The molecule has 0 saturated carbocycles. The number of hydrogen-bond donors (Lipinski definition) is 1. The number of hydrogen-bond acceptors (Lipinski definition) is 5. The number of nitrogens with one attached hydrogen (secondary N) is 1. The summed E-state index contributed by atoms with van der Waals surface area (Å²) < 4.78 is 5.22. The second kappa shape index (κ2) is 8.73. The highest BCUT2D eigenvalue weighted by atomic mass is 16.5. The van der Waals surface area contributed by atoms with E-state index in [-0.39, 0.29) is 11.8 Å². The zero-order valence-corrected chi connectivity index (χ0v) is 16.4. The van der Waals surface area contributed by atoms with E-state index >= 15 is 0 Å². The minimum atomic E-state index is -0.0921. The molecule has 148 valence electrons. The van der Waals surface area contributed by atoms with E-state index in [1.54, 1.807) is 7.11 Å². The summed E-state index contributed by atoms with van der Waals surface area (Å²) in [4.78, 5) is 14.9. The Morgan fingerprint density at radius 3 is 2.69 bits per heavy atom. The lowest BCUT2D eigenvalue weighted by Crippen LogP contribution is -2.41. The van der Waals surface area contributed by atoms with Crippen LogP contribution in [0.15, 0.2) is 66.7 Å². The topological polar surface area (TPSA) is 67.3 Å². The van der Waals surface area contributed by atoms with Crippen molar-refractivity contribution in [1.82, 2.24) is 10.2 Å². The van der Waals surface area contributed by atoms with Crippen LogP contribution < -0.4 is 15.0 Å². The van der Waals surface area contributed by atoms with E-state index in [0.29, 0.717) is 6.54 Å². The summed E-state index contributed by atoms with van der Waals surface area (Å²) in [6.07, 6.45) is 1.81. The predicted octanol–water partition coefficient (Wildman–Crippen LogP) is 4.01. The Morgan fingerprint density at radius 1 is 1.07 bits per heavy atom. The molecule has 2 heterocycles. The van der Waals surface area contributed by atoms with Gasteiger partial charge in [-0.15, -0.1) is 10.2 Å². The SMILES string of the molecule is COc1cccc(NC(=O)[C@@H]2CCCN(c3ccc(-c4ccccc4)nn3)C2)c1. The minimum absolute atomic E-state index is 0.0248. The van der Waals surface area contributed by atoms with Gasteiger partial charge in [0.25, 0.3) is 0 Å². The van der Waals surface area contributed by atoms with E-state index in [0.717, 1.165) is 47.9 Å². The number of amides is 1. The number of ether oxygens (including phenoxy) is 1. The van der Waals surface area contributed by atoms with E-state index in [9.17, 15) is 4.79 Å². The Kier molecular flexibility index (Phi) is 5.70. The average Bonchev–Trinajstić information content (AvgIpc) is 2.80. The third-order valence-electron chi connectivity index (χ3n) is 5.17. The molecule has 3 aromatic rings. The maximum Gasteiger partial charge on any atom is 0.229 e. The fourth-order valence-electron chi connectivity index (χ4n) is 3.60. The molecule has 1 N–H and O–H groups in total. The summed E-state index contributed by atoms with van der Waals surface area (Å²) in [5, 5.41) is 11.8. The monoisotopic (exact) mass is 388 g/mol. The molecule has 0 unspecified atom stereocenters. The summed E-state index contributed by atoms with van der Waals surface area (Å²) >= 11 is 0. The molecule has 1 atom stereocenters. The maximum atomic E-state index is 12.8. The van der Waals surface area contributed by atoms with E-state index in [1.807, 2.05) is 66.7 Å². The lowest BCUT2D eigenvalue weighted by atomic mass is 9.97. The summed E-state index contributed by atoms with van der Waals surface area (Å²) in [7, 11) is 1.62. The fourth-order valence-corrected chi connectivity index (χ4v) is 3.60. The Bertz CT molecular complexity index is 960. The largest absolute Gasteiger partial charge is 0.497 e. The Morgan fingerprint density at radius 2 is 1.93 bits per heavy atom. The zero-order chi connectivity index (χ0) is 20.1. The van der Waals surface area contributed by atoms with Gasteiger partial charge in [-0.05, 0) is 37.1 Å². The van der Waals surface area contributed by atoms with Gasteiger partial charge in [0.2, 0.25) is 5.91 Å². The first kappa shape index (κ1) is 18.9. The van der Waals surface area contributed by atoms with Crippen molar-refractivity contribution < 1.29 is 9.53 Å². The van der Waals surface area contributed by atoms with E-state index in [1.165, 1.54) is 0 Å². The van der Waals surface area contributed by atoms with Gasteiger partial charge < -0.3 is 15.0 Å². The second-order valence-corrected chi connectivity index (χ2v) is 7.15. The number of rotatable bonds is 5. The molecule has 1 aliphatic heterocycles. The standard InChI is InChI=1S/C23H24N4O2/c1-29-20-11-5-10-19(15-20)24-23(28)18-9-6-14-27(16-18)22-13-12-21(25-26-22)17-7-3-2-4-8-17/h2-5,7-8,10-13,15,18H,6,9,14,16H2,1H3,(H,24,28)/t18-/m1/s1. The van der Waals surface area contributed by atoms with Crippen molar-refractivity contribution in [2.75, 3.05) is 30.4 Å². The van der Waals surface area contributed by atoms with Gasteiger partial charge >= 0.3 is 0 Å². The minimum Gasteiger partial charge on any atom is -0.497 e. The van der Waals surface area contributed by atoms with Crippen molar-refractivity contribution in [1.29, 1.82) is 0 Å². The third-order valence-corrected chi connectivity index (χ3v) is 5.17. The molecule has 6 heteroatoms. The van der Waals surface area contributed by atoms with Gasteiger partial charge in [0.15, 0.2) is 5.82 Å². The highest BCUT2D eigenvalue weighted by Crippen LogP contribution is 2.25. The molecule has 2 aromatic carbocycles. The van der Waals surface area contributed by atoms with E-state index in [2.05, 4.69) is 20.4 Å². The van der Waals surface area contributed by atoms with Gasteiger partial charge in [-0.25, -0.2) is 0 Å². The molecular formula is C23H24N4O2. The molecule has 0 radical (unpaired) electrons. The van der Waals surface area contributed by atoms with Crippen molar-refractivity contribution in [2.24, 2.45) is 5.92 Å². The first-order valence-electron chi connectivity index (χ1n) is 9.82. The van der Waals surface area contributed by atoms with Crippen LogP contribution in [0.4, 0.5) is 11.5 Å². The van der Waals surface area contributed by atoms with Gasteiger partial charge in [-0.2, -0.15) is 0 Å². The lowest BCUT2D eigenvalue weighted by Gasteiger charge is -2.32. The van der Waals surface area contributed by atoms with Crippen molar-refractivity contribution in [3.05, 3.63) is 66.7 Å². The third kappa shape index (κ3) is 4.54. The number of anilines is 2. The van der Waals surface area contributed by atoms with Gasteiger partial charge in [0.1, 0.15) is 5.75 Å². The Hall–Kier alpha value is -3.41. The number of methoxy groups -OCH3 is 1. The van der Waals surface area contributed by atoms with Gasteiger partial charge in [0.05, 0.1) is 18.7 Å². The molecular weight excluding hydrogens is 364 g/mol. The number of benzene rings is 2. The van der Waals surface area contributed by atoms with Crippen molar-refractivity contribution >= 4 is 17.4 Å². The highest BCUT2D eigenvalue weighted by molar-refractivity contribution is 5.93. The second-order valence-electron chi connectivity index (χ2n) is 7.15. The van der Waals surface area contributed by atoms with Crippen LogP contribution in [-0.4, -0.2) is 36.3 Å². The van der Waals surface area contributed by atoms with Gasteiger partial charge in [-0.3, -0.25) is 4.79 Å². The van der Waals surface area contributed by atoms with Crippen LogP contribution in [0.25, 0.3) is 11.3 Å². The quantitative estimate of drug-likeness (QED) is 0.715. The molecule has 1 saturated heterocycles. The highest BCUT2D eigenvalue weighted by Gasteiger charge is 2.27.